The minimum atomic E-state index is -0.195. The van der Waals surface area contributed by atoms with Crippen LogP contribution in [0.1, 0.15) is 36.7 Å². The third-order valence-corrected chi connectivity index (χ3v) is 3.62. The van der Waals surface area contributed by atoms with Crippen molar-refractivity contribution in [3.8, 4) is 11.5 Å². The molecular formula is C18H19NO3. The number of amides is 1. The molecule has 114 valence electrons. The molecule has 1 aliphatic heterocycles. The van der Waals surface area contributed by atoms with Crippen LogP contribution in [0.4, 0.5) is 5.69 Å². The van der Waals surface area contributed by atoms with E-state index in [0.717, 1.165) is 11.3 Å². The van der Waals surface area contributed by atoms with E-state index in [1.807, 2.05) is 24.3 Å². The lowest BCUT2D eigenvalue weighted by Gasteiger charge is -2.23. The Balaban J connectivity index is 1.92. The van der Waals surface area contributed by atoms with Gasteiger partial charge in [0, 0.05) is 5.69 Å². The van der Waals surface area contributed by atoms with Crippen molar-refractivity contribution in [2.45, 2.75) is 26.2 Å². The van der Waals surface area contributed by atoms with Gasteiger partial charge in [-0.15, -0.1) is 0 Å². The standard InChI is InChI=1S/C18H19NO3/c1-18(2,3)13-8-4-5-9-14(13)19-17(20)12-7-6-10-15-16(12)22-11-21-15/h4-10H,11H2,1-3H3,(H,19,20). The highest BCUT2D eigenvalue weighted by Gasteiger charge is 2.23. The maximum Gasteiger partial charge on any atom is 0.259 e. The van der Waals surface area contributed by atoms with E-state index >= 15 is 0 Å². The minimum absolute atomic E-state index is 0.0535. The number of carbonyl (C=O) groups is 1. The van der Waals surface area contributed by atoms with Crippen LogP contribution < -0.4 is 14.8 Å². The van der Waals surface area contributed by atoms with E-state index in [9.17, 15) is 4.79 Å². The largest absolute Gasteiger partial charge is 0.454 e. The molecule has 4 nitrogen and oxygen atoms in total. The third kappa shape index (κ3) is 2.64. The molecule has 0 unspecified atom stereocenters. The van der Waals surface area contributed by atoms with Gasteiger partial charge in [0.2, 0.25) is 6.79 Å². The summed E-state index contributed by atoms with van der Waals surface area (Å²) in [5, 5.41) is 2.99. The molecule has 0 aliphatic carbocycles. The second kappa shape index (κ2) is 5.37. The Morgan fingerprint density at radius 3 is 2.59 bits per heavy atom. The van der Waals surface area contributed by atoms with E-state index < -0.39 is 0 Å². The van der Waals surface area contributed by atoms with E-state index in [-0.39, 0.29) is 18.1 Å². The van der Waals surface area contributed by atoms with Gasteiger partial charge in [-0.1, -0.05) is 45.0 Å². The van der Waals surface area contributed by atoms with Gasteiger partial charge >= 0.3 is 0 Å². The van der Waals surface area contributed by atoms with Gasteiger partial charge in [-0.2, -0.15) is 0 Å². The van der Waals surface area contributed by atoms with Crippen LogP contribution in [0.3, 0.4) is 0 Å². The zero-order valence-corrected chi connectivity index (χ0v) is 13.0. The molecule has 0 bridgehead atoms. The summed E-state index contributed by atoms with van der Waals surface area (Å²) in [6, 6.07) is 13.2. The van der Waals surface area contributed by atoms with Gasteiger partial charge in [0.15, 0.2) is 11.5 Å². The van der Waals surface area contributed by atoms with Crippen molar-refractivity contribution in [3.05, 3.63) is 53.6 Å². The fraction of sp³-hybridized carbons (Fsp3) is 0.278. The summed E-state index contributed by atoms with van der Waals surface area (Å²) in [7, 11) is 0. The van der Waals surface area contributed by atoms with E-state index in [4.69, 9.17) is 9.47 Å². The molecule has 1 amide bonds. The van der Waals surface area contributed by atoms with E-state index in [2.05, 4.69) is 26.1 Å². The monoisotopic (exact) mass is 297 g/mol. The van der Waals surface area contributed by atoms with Crippen molar-refractivity contribution in [3.63, 3.8) is 0 Å². The molecule has 1 N–H and O–H groups in total. The molecule has 2 aromatic carbocycles. The average Bonchev–Trinajstić information content (AvgIpc) is 2.94. The fourth-order valence-corrected chi connectivity index (χ4v) is 2.54. The summed E-state index contributed by atoms with van der Waals surface area (Å²) in [6.45, 7) is 6.51. The number of nitrogens with one attached hydrogen (secondary N) is 1. The van der Waals surface area contributed by atoms with Crippen molar-refractivity contribution >= 4 is 11.6 Å². The zero-order chi connectivity index (χ0) is 15.7. The lowest BCUT2D eigenvalue weighted by molar-refractivity contribution is 0.102. The molecule has 0 spiro atoms. The van der Waals surface area contributed by atoms with Gasteiger partial charge in [0.05, 0.1) is 5.56 Å². The van der Waals surface area contributed by atoms with Crippen molar-refractivity contribution in [2.24, 2.45) is 0 Å². The van der Waals surface area contributed by atoms with Crippen LogP contribution in [0.2, 0.25) is 0 Å². The van der Waals surface area contributed by atoms with Gasteiger partial charge in [-0.05, 0) is 29.2 Å². The van der Waals surface area contributed by atoms with Gasteiger partial charge in [0.1, 0.15) is 0 Å². The number of fused-ring (bicyclic) bond motifs is 1. The molecule has 22 heavy (non-hydrogen) atoms. The predicted molar refractivity (Wildman–Crippen MR) is 85.7 cm³/mol. The number of hydrogen-bond acceptors (Lipinski definition) is 3. The molecule has 1 heterocycles. The Hall–Kier alpha value is -2.49. The summed E-state index contributed by atoms with van der Waals surface area (Å²) in [5.74, 6) is 0.920. The van der Waals surface area contributed by atoms with Crippen molar-refractivity contribution in [1.82, 2.24) is 0 Å². The van der Waals surface area contributed by atoms with Gasteiger partial charge in [-0.3, -0.25) is 4.79 Å². The van der Waals surface area contributed by atoms with Crippen LogP contribution in [-0.2, 0) is 5.41 Å². The first-order chi connectivity index (χ1) is 10.5. The lowest BCUT2D eigenvalue weighted by Crippen LogP contribution is -2.19. The Morgan fingerprint density at radius 1 is 1.05 bits per heavy atom. The van der Waals surface area contributed by atoms with Crippen molar-refractivity contribution < 1.29 is 14.3 Å². The summed E-state index contributed by atoms with van der Waals surface area (Å²) >= 11 is 0. The first-order valence-electron chi connectivity index (χ1n) is 7.26. The highest BCUT2D eigenvalue weighted by atomic mass is 16.7. The van der Waals surface area contributed by atoms with Crippen LogP contribution in [0, 0.1) is 0 Å². The number of para-hydroxylation sites is 2. The number of rotatable bonds is 2. The second-order valence-electron chi connectivity index (χ2n) is 6.29. The maximum atomic E-state index is 12.6. The molecule has 3 rings (SSSR count). The highest BCUT2D eigenvalue weighted by molar-refractivity contribution is 6.07. The summed E-state index contributed by atoms with van der Waals surface area (Å²) in [4.78, 5) is 12.6. The average molecular weight is 297 g/mol. The maximum absolute atomic E-state index is 12.6. The smallest absolute Gasteiger partial charge is 0.259 e. The number of ether oxygens (including phenoxy) is 2. The topological polar surface area (TPSA) is 47.6 Å². The van der Waals surface area contributed by atoms with Crippen LogP contribution in [0.15, 0.2) is 42.5 Å². The van der Waals surface area contributed by atoms with E-state index in [0.29, 0.717) is 17.1 Å². The number of hydrogen-bond donors (Lipinski definition) is 1. The number of carbonyl (C=O) groups excluding carboxylic acids is 1. The second-order valence-corrected chi connectivity index (χ2v) is 6.29. The first kappa shape index (κ1) is 14.4. The number of anilines is 1. The SMILES string of the molecule is CC(C)(C)c1ccccc1NC(=O)c1cccc2c1OCO2. The van der Waals surface area contributed by atoms with E-state index in [1.165, 1.54) is 0 Å². The first-order valence-corrected chi connectivity index (χ1v) is 7.26. The Kier molecular flexibility index (Phi) is 3.53. The molecule has 0 fully saturated rings. The van der Waals surface area contributed by atoms with Crippen molar-refractivity contribution in [1.29, 1.82) is 0 Å². The molecule has 2 aromatic rings. The molecule has 1 aliphatic rings. The minimum Gasteiger partial charge on any atom is -0.454 e. The fourth-order valence-electron chi connectivity index (χ4n) is 2.54. The highest BCUT2D eigenvalue weighted by Crippen LogP contribution is 2.36. The van der Waals surface area contributed by atoms with Gasteiger partial charge in [-0.25, -0.2) is 0 Å². The van der Waals surface area contributed by atoms with Crippen LogP contribution in [0.5, 0.6) is 11.5 Å². The summed E-state index contributed by atoms with van der Waals surface area (Å²) < 4.78 is 10.7. The summed E-state index contributed by atoms with van der Waals surface area (Å²) in [5.41, 5.74) is 2.34. The normalized spacial score (nSPS) is 13.0. The molecule has 4 heteroatoms. The van der Waals surface area contributed by atoms with Crippen LogP contribution in [-0.4, -0.2) is 12.7 Å². The molecule has 0 saturated heterocycles. The van der Waals surface area contributed by atoms with Gasteiger partial charge in [0.25, 0.3) is 5.91 Å². The van der Waals surface area contributed by atoms with Gasteiger partial charge < -0.3 is 14.8 Å². The zero-order valence-electron chi connectivity index (χ0n) is 13.0. The predicted octanol–water partition coefficient (Wildman–Crippen LogP) is 3.97. The molecule has 0 atom stereocenters. The summed E-state index contributed by atoms with van der Waals surface area (Å²) in [6.07, 6.45) is 0. The molecule has 0 saturated carbocycles. The Labute approximate surface area is 130 Å². The quantitative estimate of drug-likeness (QED) is 0.912. The molecule has 0 aromatic heterocycles. The molecular weight excluding hydrogens is 278 g/mol. The van der Waals surface area contributed by atoms with Crippen molar-refractivity contribution in [2.75, 3.05) is 12.1 Å². The van der Waals surface area contributed by atoms with E-state index in [1.54, 1.807) is 18.2 Å². The molecule has 0 radical (unpaired) electrons. The number of benzene rings is 2. The lowest BCUT2D eigenvalue weighted by atomic mass is 9.86. The van der Waals surface area contributed by atoms with Crippen LogP contribution >= 0.6 is 0 Å². The van der Waals surface area contributed by atoms with Crippen LogP contribution in [0.25, 0.3) is 0 Å². The Morgan fingerprint density at radius 2 is 1.82 bits per heavy atom. The third-order valence-electron chi connectivity index (χ3n) is 3.62. The Bertz CT molecular complexity index is 717.